The lowest BCUT2D eigenvalue weighted by molar-refractivity contribution is -0.123. The van der Waals surface area contributed by atoms with Crippen LogP contribution in [-0.4, -0.2) is 109 Å². The maximum Gasteiger partial charge on any atom is 0.547 e. The fourth-order valence-electron chi connectivity index (χ4n) is 6.77. The number of phenolic OH excluding ortho intramolecular Hbond substituents is 2. The van der Waals surface area contributed by atoms with Crippen molar-refractivity contribution in [1.29, 1.82) is 0 Å². The van der Waals surface area contributed by atoms with E-state index in [0.717, 1.165) is 42.2 Å². The number of imide groups is 1. The van der Waals surface area contributed by atoms with Crippen LogP contribution in [0.5, 0.6) is 17.2 Å². The first kappa shape index (κ1) is 35.3. The Morgan fingerprint density at radius 1 is 1.04 bits per heavy atom. The molecule has 3 aliphatic heterocycles. The van der Waals surface area contributed by atoms with Crippen molar-refractivity contribution in [2.45, 2.75) is 50.8 Å². The fourth-order valence-corrected chi connectivity index (χ4v) is 6.77. The number of aromatic carboxylic acids is 1. The Kier molecular flexibility index (Phi) is 9.98. The molecule has 4 heterocycles. The highest BCUT2D eigenvalue weighted by Gasteiger charge is 2.43. The van der Waals surface area contributed by atoms with Gasteiger partial charge in [0.2, 0.25) is 5.91 Å². The van der Waals surface area contributed by atoms with Gasteiger partial charge in [0, 0.05) is 56.7 Å². The van der Waals surface area contributed by atoms with Crippen LogP contribution in [-0.2, 0) is 17.8 Å². The zero-order chi connectivity index (χ0) is 36.6. The minimum Gasteiger partial charge on any atom is -0.534 e. The molecule has 0 unspecified atom stereocenters. The maximum absolute atomic E-state index is 14.7. The quantitative estimate of drug-likeness (QED) is 0.148. The number of halogens is 2. The standard InChI is InChI=1S/C33H35BF2N6O9/c1-17-21(15-23(36)28(44)27(17)43)26(30(45)38-24-14-19-2-3-22(35)25(31(46)47)29(19)51-34(24)50)39-32(48)42-13-12-41(33(42)49)20-6-10-40(11-7-20)16-18-4-8-37-9-5-18/h2-5,8-9,15,20,24,26,43-44,50H,6-7,10-14,16H2,1H3,(H,38,45)(H,39,48)(H,46,47)/t24-,26+/m0/s1. The van der Waals surface area contributed by atoms with Gasteiger partial charge in [-0.3, -0.25) is 14.7 Å². The number of nitrogens with zero attached hydrogens (tertiary/aromatic N) is 4. The predicted octanol–water partition coefficient (Wildman–Crippen LogP) is 2.07. The molecule has 2 fully saturated rings. The molecular formula is C33H35BF2N6O9. The number of hydrogen-bond donors (Lipinski definition) is 6. The predicted molar refractivity (Wildman–Crippen MR) is 175 cm³/mol. The Morgan fingerprint density at radius 3 is 2.43 bits per heavy atom. The second-order valence-corrected chi connectivity index (χ2v) is 12.7. The molecule has 0 bridgehead atoms. The number of aromatic nitrogens is 1. The highest BCUT2D eigenvalue weighted by molar-refractivity contribution is 6.47. The molecule has 3 aliphatic rings. The SMILES string of the molecule is Cc1c([C@@H](NC(=O)N2CCN(C3CCN(Cc4ccncc4)CC3)C2=O)C(=O)N[C@H]2Cc3ccc(F)c(C(=O)O)c3OB2O)cc(F)c(O)c1O. The number of fused-ring (bicyclic) bond motifs is 1. The summed E-state index contributed by atoms with van der Waals surface area (Å²) < 4.78 is 34.2. The number of amides is 5. The average molecular weight is 708 g/mol. The summed E-state index contributed by atoms with van der Waals surface area (Å²) in [5, 5.41) is 45.4. The lowest BCUT2D eigenvalue weighted by Crippen LogP contribution is -2.56. The van der Waals surface area contributed by atoms with E-state index in [1.807, 2.05) is 12.1 Å². The molecule has 0 saturated carbocycles. The molecule has 2 saturated heterocycles. The summed E-state index contributed by atoms with van der Waals surface area (Å²) in [4.78, 5) is 61.4. The average Bonchev–Trinajstić information content (AvgIpc) is 3.50. The van der Waals surface area contributed by atoms with E-state index in [2.05, 4.69) is 20.5 Å². The van der Waals surface area contributed by atoms with Crippen molar-refractivity contribution in [3.05, 3.63) is 82.2 Å². The van der Waals surface area contributed by atoms with E-state index in [-0.39, 0.29) is 42.2 Å². The number of piperidine rings is 1. The number of carbonyl (C=O) groups excluding carboxylic acids is 3. The van der Waals surface area contributed by atoms with Crippen LogP contribution in [0.2, 0.25) is 0 Å². The third-order valence-electron chi connectivity index (χ3n) is 9.55. The van der Waals surface area contributed by atoms with Crippen molar-refractivity contribution >= 4 is 31.1 Å². The number of carboxylic acid groups (broad SMARTS) is 1. The number of likely N-dealkylation sites (tertiary alicyclic amines) is 1. The topological polar surface area (TPSA) is 205 Å². The Balaban J connectivity index is 1.17. The van der Waals surface area contributed by atoms with Crippen molar-refractivity contribution in [3.63, 3.8) is 0 Å². The number of benzene rings is 2. The molecular weight excluding hydrogens is 673 g/mol. The molecule has 6 N–H and O–H groups in total. The molecule has 15 nitrogen and oxygen atoms in total. The maximum atomic E-state index is 14.7. The lowest BCUT2D eigenvalue weighted by Gasteiger charge is -2.36. The van der Waals surface area contributed by atoms with Crippen molar-refractivity contribution in [1.82, 2.24) is 30.3 Å². The first-order chi connectivity index (χ1) is 24.3. The summed E-state index contributed by atoms with van der Waals surface area (Å²) in [6.45, 7) is 3.72. The number of phenols is 2. The van der Waals surface area contributed by atoms with Gasteiger partial charge < -0.3 is 40.5 Å². The number of aromatic hydroxyl groups is 2. The van der Waals surface area contributed by atoms with Crippen molar-refractivity contribution < 1.29 is 53.0 Å². The van der Waals surface area contributed by atoms with Gasteiger partial charge >= 0.3 is 25.1 Å². The molecule has 0 aliphatic carbocycles. The van der Waals surface area contributed by atoms with Gasteiger partial charge in [0.25, 0.3) is 0 Å². The normalized spacial score (nSPS) is 18.6. The number of nitrogens with one attached hydrogen (secondary N) is 2. The minimum atomic E-state index is -1.87. The zero-order valence-electron chi connectivity index (χ0n) is 27.4. The van der Waals surface area contributed by atoms with Crippen LogP contribution in [0.1, 0.15) is 51.5 Å². The van der Waals surface area contributed by atoms with Gasteiger partial charge in [-0.05, 0) is 67.1 Å². The summed E-state index contributed by atoms with van der Waals surface area (Å²) in [6.07, 6.45) is 4.60. The molecule has 3 aromatic rings. The zero-order valence-corrected chi connectivity index (χ0v) is 27.4. The highest BCUT2D eigenvalue weighted by atomic mass is 19.1. The summed E-state index contributed by atoms with van der Waals surface area (Å²) in [6, 6.07) is 3.30. The molecule has 18 heteroatoms. The third kappa shape index (κ3) is 7.09. The monoisotopic (exact) mass is 708 g/mol. The number of carboxylic acids is 1. The summed E-state index contributed by atoms with van der Waals surface area (Å²) >= 11 is 0. The first-order valence-corrected chi connectivity index (χ1v) is 16.2. The molecule has 2 aromatic carbocycles. The number of carbonyl (C=O) groups is 4. The van der Waals surface area contributed by atoms with E-state index in [0.29, 0.717) is 12.8 Å². The highest BCUT2D eigenvalue weighted by Crippen LogP contribution is 2.37. The summed E-state index contributed by atoms with van der Waals surface area (Å²) in [5.74, 6) is -8.68. The van der Waals surface area contributed by atoms with Crippen molar-refractivity contribution in [2.75, 3.05) is 26.2 Å². The smallest absolute Gasteiger partial charge is 0.534 e. The van der Waals surface area contributed by atoms with Crippen molar-refractivity contribution in [2.24, 2.45) is 0 Å². The van der Waals surface area contributed by atoms with E-state index < -0.39 is 77.5 Å². The van der Waals surface area contributed by atoms with E-state index in [9.17, 15) is 48.3 Å². The Hall–Kier alpha value is -5.49. The van der Waals surface area contributed by atoms with Crippen LogP contribution < -0.4 is 15.3 Å². The molecule has 5 amide bonds. The number of hydrogen-bond acceptors (Lipinski definition) is 10. The van der Waals surface area contributed by atoms with Crippen LogP contribution >= 0.6 is 0 Å². The molecule has 0 spiro atoms. The van der Waals surface area contributed by atoms with Crippen LogP contribution in [0, 0.1) is 18.6 Å². The van der Waals surface area contributed by atoms with Gasteiger partial charge in [-0.2, -0.15) is 0 Å². The van der Waals surface area contributed by atoms with Crippen LogP contribution in [0.3, 0.4) is 0 Å². The van der Waals surface area contributed by atoms with Crippen LogP contribution in [0.15, 0.2) is 42.7 Å². The van der Waals surface area contributed by atoms with Crippen LogP contribution in [0.25, 0.3) is 0 Å². The van der Waals surface area contributed by atoms with Gasteiger partial charge in [0.1, 0.15) is 23.2 Å². The Labute approximate surface area is 290 Å². The van der Waals surface area contributed by atoms with Gasteiger partial charge in [0.05, 0.1) is 5.94 Å². The fraction of sp³-hybridized carbons (Fsp3) is 0.364. The largest absolute Gasteiger partial charge is 0.547 e. The second kappa shape index (κ2) is 14.4. The van der Waals surface area contributed by atoms with Crippen molar-refractivity contribution in [3.8, 4) is 17.2 Å². The number of urea groups is 2. The first-order valence-electron chi connectivity index (χ1n) is 16.2. The van der Waals surface area contributed by atoms with E-state index in [4.69, 9.17) is 4.65 Å². The molecule has 51 heavy (non-hydrogen) atoms. The summed E-state index contributed by atoms with van der Waals surface area (Å²) in [7, 11) is -1.87. The Morgan fingerprint density at radius 2 is 1.75 bits per heavy atom. The van der Waals surface area contributed by atoms with E-state index in [1.165, 1.54) is 13.0 Å². The van der Waals surface area contributed by atoms with Gasteiger partial charge in [-0.15, -0.1) is 0 Å². The molecule has 268 valence electrons. The van der Waals surface area contributed by atoms with Gasteiger partial charge in [0.15, 0.2) is 17.3 Å². The summed E-state index contributed by atoms with van der Waals surface area (Å²) in [5.41, 5.74) is 0.0554. The van der Waals surface area contributed by atoms with E-state index >= 15 is 0 Å². The van der Waals surface area contributed by atoms with E-state index in [1.54, 1.807) is 17.3 Å². The third-order valence-corrected chi connectivity index (χ3v) is 9.55. The molecule has 0 radical (unpaired) electrons. The molecule has 2 atom stereocenters. The van der Waals surface area contributed by atoms with Crippen LogP contribution in [0.4, 0.5) is 18.4 Å². The van der Waals surface area contributed by atoms with Gasteiger partial charge in [-0.1, -0.05) is 6.07 Å². The molecule has 1 aromatic heterocycles. The minimum absolute atomic E-state index is 0.00115. The number of rotatable bonds is 8. The molecule has 6 rings (SSSR count). The van der Waals surface area contributed by atoms with Gasteiger partial charge in [-0.25, -0.2) is 28.1 Å². The second-order valence-electron chi connectivity index (χ2n) is 12.7. The Bertz CT molecular complexity index is 1860. The number of pyridine rings is 1. The lowest BCUT2D eigenvalue weighted by atomic mass is 9.72.